The summed E-state index contributed by atoms with van der Waals surface area (Å²) in [4.78, 5) is 0. The van der Waals surface area contributed by atoms with Gasteiger partial charge in [-0.15, -0.1) is 0 Å². The third kappa shape index (κ3) is 3.33. The quantitative estimate of drug-likeness (QED) is 0.625. The highest BCUT2D eigenvalue weighted by atomic mass is 14.7. The van der Waals surface area contributed by atoms with Gasteiger partial charge in [-0.1, -0.05) is 46.0 Å². The summed E-state index contributed by atoms with van der Waals surface area (Å²) >= 11 is 0. The van der Waals surface area contributed by atoms with Crippen molar-refractivity contribution in [1.29, 1.82) is 0 Å². The zero-order chi connectivity index (χ0) is 14.9. The molecule has 0 aromatic carbocycles. The van der Waals surface area contributed by atoms with Gasteiger partial charge in [0.15, 0.2) is 0 Å². The summed E-state index contributed by atoms with van der Waals surface area (Å²) in [6, 6.07) is 0.499. The van der Waals surface area contributed by atoms with E-state index in [0.29, 0.717) is 11.5 Å². The molecule has 4 fully saturated rings. The molecule has 0 spiro atoms. The SMILES string of the molecule is CCCCC(CCC)CC(N)C12CC3CC(CC(C3)C1)C2. The molecule has 4 aliphatic rings. The van der Waals surface area contributed by atoms with E-state index in [1.165, 1.54) is 57.8 Å². The van der Waals surface area contributed by atoms with Gasteiger partial charge in [0.2, 0.25) is 0 Å². The van der Waals surface area contributed by atoms with Crippen molar-refractivity contribution in [2.45, 2.75) is 96.9 Å². The van der Waals surface area contributed by atoms with E-state index in [1.807, 2.05) is 0 Å². The summed E-state index contributed by atoms with van der Waals surface area (Å²) in [6.45, 7) is 4.66. The molecule has 1 heteroatoms. The lowest BCUT2D eigenvalue weighted by Gasteiger charge is -2.59. The fraction of sp³-hybridized carbons (Fsp3) is 1.00. The molecule has 21 heavy (non-hydrogen) atoms. The highest BCUT2D eigenvalue weighted by Crippen LogP contribution is 2.61. The average Bonchev–Trinajstić information content (AvgIpc) is 2.43. The number of hydrogen-bond donors (Lipinski definition) is 1. The number of unbranched alkanes of at least 4 members (excludes halogenated alkanes) is 1. The van der Waals surface area contributed by atoms with E-state index in [0.717, 1.165) is 23.7 Å². The Morgan fingerprint density at radius 1 is 0.905 bits per heavy atom. The maximum atomic E-state index is 6.88. The molecule has 1 nitrogen and oxygen atoms in total. The van der Waals surface area contributed by atoms with Crippen LogP contribution in [0.2, 0.25) is 0 Å². The van der Waals surface area contributed by atoms with Crippen LogP contribution >= 0.6 is 0 Å². The third-order valence-corrected chi connectivity index (χ3v) is 7.12. The van der Waals surface area contributed by atoms with Gasteiger partial charge >= 0.3 is 0 Å². The highest BCUT2D eigenvalue weighted by Gasteiger charge is 2.53. The largest absolute Gasteiger partial charge is 0.327 e. The second kappa shape index (κ2) is 6.60. The lowest BCUT2D eigenvalue weighted by atomic mass is 9.47. The molecule has 2 N–H and O–H groups in total. The minimum atomic E-state index is 0.499. The van der Waals surface area contributed by atoms with Crippen LogP contribution in [-0.2, 0) is 0 Å². The van der Waals surface area contributed by atoms with Crippen LogP contribution in [0.15, 0.2) is 0 Å². The van der Waals surface area contributed by atoms with Crippen molar-refractivity contribution >= 4 is 0 Å². The first-order valence-electron chi connectivity index (χ1n) is 9.90. The van der Waals surface area contributed by atoms with Gasteiger partial charge in [-0.3, -0.25) is 0 Å². The molecule has 0 aliphatic heterocycles. The second-order valence-corrected chi connectivity index (χ2v) is 8.92. The van der Waals surface area contributed by atoms with Crippen molar-refractivity contribution in [1.82, 2.24) is 0 Å². The van der Waals surface area contributed by atoms with Crippen molar-refractivity contribution < 1.29 is 0 Å². The van der Waals surface area contributed by atoms with Crippen LogP contribution in [0.25, 0.3) is 0 Å². The smallest absolute Gasteiger partial charge is 0.00985 e. The molecule has 2 atom stereocenters. The van der Waals surface area contributed by atoms with Gasteiger partial charge < -0.3 is 5.73 Å². The van der Waals surface area contributed by atoms with Gasteiger partial charge in [-0.05, 0) is 74.0 Å². The Morgan fingerprint density at radius 2 is 1.48 bits per heavy atom. The van der Waals surface area contributed by atoms with E-state index >= 15 is 0 Å². The molecule has 2 unspecified atom stereocenters. The lowest BCUT2D eigenvalue weighted by molar-refractivity contribution is -0.0707. The molecule has 0 radical (unpaired) electrons. The van der Waals surface area contributed by atoms with E-state index < -0.39 is 0 Å². The zero-order valence-corrected chi connectivity index (χ0v) is 14.4. The number of hydrogen-bond acceptors (Lipinski definition) is 1. The van der Waals surface area contributed by atoms with Gasteiger partial charge in [0.05, 0.1) is 0 Å². The monoisotopic (exact) mass is 291 g/mol. The molecule has 4 rings (SSSR count). The second-order valence-electron chi connectivity index (χ2n) is 8.92. The molecular formula is C20H37N. The van der Waals surface area contributed by atoms with E-state index in [4.69, 9.17) is 5.73 Å². The Labute approximate surface area is 132 Å². The van der Waals surface area contributed by atoms with E-state index in [2.05, 4.69) is 13.8 Å². The average molecular weight is 292 g/mol. The van der Waals surface area contributed by atoms with Crippen LogP contribution in [0.5, 0.6) is 0 Å². The van der Waals surface area contributed by atoms with Crippen LogP contribution in [0.4, 0.5) is 0 Å². The van der Waals surface area contributed by atoms with Crippen molar-refractivity contribution in [2.75, 3.05) is 0 Å². The van der Waals surface area contributed by atoms with Gasteiger partial charge in [-0.25, -0.2) is 0 Å². The summed E-state index contributed by atoms with van der Waals surface area (Å²) < 4.78 is 0. The number of nitrogens with two attached hydrogens (primary N) is 1. The Balaban J connectivity index is 1.62. The normalized spacial score (nSPS) is 40.4. The first kappa shape index (κ1) is 15.8. The van der Waals surface area contributed by atoms with Crippen LogP contribution in [-0.4, -0.2) is 6.04 Å². The summed E-state index contributed by atoms with van der Waals surface area (Å²) in [6.07, 6.45) is 17.3. The van der Waals surface area contributed by atoms with Gasteiger partial charge in [-0.2, -0.15) is 0 Å². The molecule has 122 valence electrons. The maximum absolute atomic E-state index is 6.88. The summed E-state index contributed by atoms with van der Waals surface area (Å²) in [7, 11) is 0. The van der Waals surface area contributed by atoms with Gasteiger partial charge in [0, 0.05) is 6.04 Å². The third-order valence-electron chi connectivity index (χ3n) is 7.12. The van der Waals surface area contributed by atoms with Crippen LogP contribution in [0, 0.1) is 29.1 Å². The lowest BCUT2D eigenvalue weighted by Crippen LogP contribution is -2.54. The summed E-state index contributed by atoms with van der Waals surface area (Å²) in [5.41, 5.74) is 7.44. The molecule has 0 heterocycles. The van der Waals surface area contributed by atoms with Gasteiger partial charge in [0.25, 0.3) is 0 Å². The summed E-state index contributed by atoms with van der Waals surface area (Å²) in [5.74, 6) is 4.03. The van der Waals surface area contributed by atoms with E-state index in [9.17, 15) is 0 Å². The molecule has 0 aromatic heterocycles. The van der Waals surface area contributed by atoms with Crippen molar-refractivity contribution in [3.63, 3.8) is 0 Å². The van der Waals surface area contributed by atoms with E-state index in [-0.39, 0.29) is 0 Å². The van der Waals surface area contributed by atoms with Crippen LogP contribution in [0.3, 0.4) is 0 Å². The van der Waals surface area contributed by atoms with Crippen LogP contribution in [0.1, 0.15) is 90.9 Å². The Hall–Kier alpha value is -0.0400. The van der Waals surface area contributed by atoms with Crippen LogP contribution < -0.4 is 5.73 Å². The minimum Gasteiger partial charge on any atom is -0.327 e. The molecule has 4 bridgehead atoms. The zero-order valence-electron chi connectivity index (χ0n) is 14.4. The standard InChI is InChI=1S/C20H37N/c1-3-5-7-15(6-4-2)11-19(21)20-12-16-8-17(13-20)10-18(9-16)14-20/h15-19H,3-14,21H2,1-2H3. The fourth-order valence-electron chi connectivity index (χ4n) is 6.52. The minimum absolute atomic E-state index is 0.499. The first-order chi connectivity index (χ1) is 10.1. The summed E-state index contributed by atoms with van der Waals surface area (Å²) in [5, 5.41) is 0. The van der Waals surface area contributed by atoms with Crippen molar-refractivity contribution in [2.24, 2.45) is 34.8 Å². The Bertz CT molecular complexity index is 299. The van der Waals surface area contributed by atoms with Crippen molar-refractivity contribution in [3.05, 3.63) is 0 Å². The number of rotatable bonds is 8. The fourth-order valence-corrected chi connectivity index (χ4v) is 6.52. The molecule has 4 saturated carbocycles. The first-order valence-corrected chi connectivity index (χ1v) is 9.90. The van der Waals surface area contributed by atoms with E-state index in [1.54, 1.807) is 19.3 Å². The molecule has 0 saturated heterocycles. The Morgan fingerprint density at radius 3 is 1.95 bits per heavy atom. The topological polar surface area (TPSA) is 26.0 Å². The molecular weight excluding hydrogens is 254 g/mol. The predicted octanol–water partition coefficient (Wildman–Crippen LogP) is 5.53. The Kier molecular flexibility index (Phi) is 4.98. The molecule has 4 aliphatic carbocycles. The maximum Gasteiger partial charge on any atom is 0.00985 e. The van der Waals surface area contributed by atoms with Crippen molar-refractivity contribution in [3.8, 4) is 0 Å². The molecule has 0 amide bonds. The highest BCUT2D eigenvalue weighted by molar-refractivity contribution is 5.05. The van der Waals surface area contributed by atoms with Gasteiger partial charge in [0.1, 0.15) is 0 Å². The molecule has 0 aromatic rings. The predicted molar refractivity (Wildman–Crippen MR) is 91.1 cm³/mol.